The van der Waals surface area contributed by atoms with Gasteiger partial charge in [-0.1, -0.05) is 168 Å². The number of amides is 4. The number of aryl methyl sites for hydroxylation is 9. The van der Waals surface area contributed by atoms with E-state index in [1.54, 1.807) is 47.5 Å². The second kappa shape index (κ2) is 44.1. The maximum atomic E-state index is 13.9. The second-order valence-electron chi connectivity index (χ2n) is 33.8. The third-order valence-electron chi connectivity index (χ3n) is 24.5. The summed E-state index contributed by atoms with van der Waals surface area (Å²) in [5.74, 6) is 0.776. The molecule has 700 valence electrons. The van der Waals surface area contributed by atoms with Gasteiger partial charge in [0.1, 0.15) is 35.2 Å². The van der Waals surface area contributed by atoms with Crippen molar-refractivity contribution in [2.24, 2.45) is 7.05 Å². The van der Waals surface area contributed by atoms with E-state index < -0.39 is 53.2 Å². The Kier molecular flexibility index (Phi) is 32.3. The van der Waals surface area contributed by atoms with Crippen LogP contribution in [0, 0.1) is 48.5 Å². The minimum absolute atomic E-state index is 0.00502. The van der Waals surface area contributed by atoms with E-state index in [9.17, 15) is 44.4 Å². The number of sulfonamides is 2. The van der Waals surface area contributed by atoms with Crippen molar-refractivity contribution < 1.29 is 63.4 Å². The number of piperidine rings is 1. The molecule has 0 spiro atoms. The first kappa shape index (κ1) is 98.2. The number of rotatable bonds is 32. The number of pyridine rings is 1. The molecule has 16 rings (SSSR count). The molecule has 0 atom stereocenters. The monoisotopic (exact) mass is 1940 g/mol. The summed E-state index contributed by atoms with van der Waals surface area (Å²) < 4.78 is 114. The molecule has 134 heavy (non-hydrogen) atoms. The number of H-pyrrole nitrogens is 1. The van der Waals surface area contributed by atoms with Crippen LogP contribution in [0.3, 0.4) is 0 Å². The zero-order valence-electron chi connectivity index (χ0n) is 76.0. The fourth-order valence-corrected chi connectivity index (χ4v) is 21.5. The Balaban J connectivity index is 0.000000162. The third kappa shape index (κ3) is 24.1. The molecule has 9 aromatic carbocycles. The summed E-state index contributed by atoms with van der Waals surface area (Å²) in [6.07, 6.45) is 7.28. The molecule has 12 aromatic rings. The van der Waals surface area contributed by atoms with Crippen molar-refractivity contribution in [3.05, 3.63) is 328 Å². The smallest absolute Gasteiger partial charge is 0.304 e. The number of piperazine rings is 1. The molecule has 2 saturated heterocycles. The van der Waals surface area contributed by atoms with Gasteiger partial charge in [-0.3, -0.25) is 23.9 Å². The lowest BCUT2D eigenvalue weighted by atomic mass is 9.93. The number of ether oxygens (including phenoxy) is 4. The Morgan fingerprint density at radius 2 is 1.01 bits per heavy atom. The van der Waals surface area contributed by atoms with Crippen molar-refractivity contribution in [1.29, 1.82) is 0 Å². The number of aromatic nitrogens is 4. The van der Waals surface area contributed by atoms with E-state index >= 15 is 0 Å². The van der Waals surface area contributed by atoms with Crippen LogP contribution in [0.5, 0.6) is 23.1 Å². The standard InChI is InChI=1S/C38H37ClN4O5S.C34H37Cl2N3O5S.C31H34ClN3O4S/c1-24-20-27(21-25(2)37(24)39)47-19-11-16-30-29-14-10-15-31(36-26(3)43(4)41-34(36)23-48-35-17-8-9-18-40-35)32(29)22-33(30)38(44)42-49(45,46)28-12-6-5-7-13-28;1-22-19-26(20-23(2)32(22)36)44-18-6-9-29-28-12-11-25(35)21-30(28)37-33(29)34(41)38-45(42,43)27-14-16-39(17-15-27)31(40)13-10-24-7-4-3-5-8-24;1-22-19-26(20-23(2)30(22)32)39-18-8-13-28-27-12-7-6-9-24(27)21-29(28)31(36)33-40(37,38)35-16-14-34(15-17-35)25-10-4-3-5-11-25/h5-10,12-15,17-18,20-21H,11,16,19,22-23H2,1-4H3,(H,42,44);3-5,7-8,11-12,19-21,27,37H,6,9-10,13-18H2,1-2H3,(H,38,41);3-7,9-12,19-20H,8,13-18,21H2,1-2H3,(H,33,36). The van der Waals surface area contributed by atoms with Crippen molar-refractivity contribution in [2.75, 3.05) is 64.0 Å². The fraction of sp³-hybridized carbons (Fsp3) is 0.301. The normalized spacial score (nSPS) is 14.0. The van der Waals surface area contributed by atoms with Crippen LogP contribution in [0.2, 0.25) is 20.1 Å². The van der Waals surface area contributed by atoms with Crippen LogP contribution in [0.25, 0.3) is 33.2 Å². The van der Waals surface area contributed by atoms with E-state index in [0.29, 0.717) is 166 Å². The zero-order chi connectivity index (χ0) is 95.1. The highest BCUT2D eigenvalue weighted by molar-refractivity contribution is 7.90. The number of nitrogens with zero attached hydrogens (tertiary/aromatic N) is 6. The quantitative estimate of drug-likeness (QED) is 0.0285. The van der Waals surface area contributed by atoms with E-state index in [1.165, 1.54) is 16.4 Å². The molecule has 5 heterocycles. The van der Waals surface area contributed by atoms with Gasteiger partial charge < -0.3 is 33.7 Å². The second-order valence-corrected chi connectivity index (χ2v) is 40.7. The van der Waals surface area contributed by atoms with Gasteiger partial charge in [-0.2, -0.15) is 17.8 Å². The minimum Gasteiger partial charge on any atom is -0.494 e. The Hall–Kier alpha value is -11.8. The van der Waals surface area contributed by atoms with Crippen LogP contribution in [0.1, 0.15) is 140 Å². The highest BCUT2D eigenvalue weighted by Crippen LogP contribution is 2.44. The van der Waals surface area contributed by atoms with Gasteiger partial charge in [0.25, 0.3) is 27.7 Å². The molecule has 31 heteroatoms. The molecule has 4 aliphatic rings. The molecular weight excluding hydrogens is 1840 g/mol. The number of anilines is 1. The van der Waals surface area contributed by atoms with Crippen LogP contribution < -0.4 is 38.0 Å². The minimum atomic E-state index is -4.09. The first-order chi connectivity index (χ1) is 64.3. The Labute approximate surface area is 803 Å². The number of allylic oxidation sites excluding steroid dienone is 2. The van der Waals surface area contributed by atoms with Crippen molar-refractivity contribution in [3.8, 4) is 34.3 Å². The topological polar surface area (TPSA) is 300 Å². The van der Waals surface area contributed by atoms with Crippen molar-refractivity contribution >= 4 is 128 Å². The first-order valence-electron chi connectivity index (χ1n) is 44.6. The molecular formula is C103H108Cl4N10O14S3. The maximum Gasteiger partial charge on any atom is 0.304 e. The summed E-state index contributed by atoms with van der Waals surface area (Å²) in [7, 11) is -10.2. The predicted octanol–water partition coefficient (Wildman–Crippen LogP) is 19.4. The van der Waals surface area contributed by atoms with Crippen LogP contribution in [-0.2, 0) is 84.0 Å². The summed E-state index contributed by atoms with van der Waals surface area (Å²) in [6, 6.07) is 63.6. The number of hydrogen-bond donors (Lipinski definition) is 4. The summed E-state index contributed by atoms with van der Waals surface area (Å²) in [4.78, 5) is 64.7. The fourth-order valence-electron chi connectivity index (χ4n) is 17.5. The van der Waals surface area contributed by atoms with Crippen molar-refractivity contribution in [1.82, 2.24) is 43.1 Å². The van der Waals surface area contributed by atoms with Gasteiger partial charge in [-0.15, -0.1) is 0 Å². The summed E-state index contributed by atoms with van der Waals surface area (Å²) >= 11 is 25.1. The molecule has 2 fully saturated rings. The number of halogens is 4. The molecule has 0 saturated carbocycles. The van der Waals surface area contributed by atoms with Gasteiger partial charge >= 0.3 is 10.2 Å². The number of likely N-dealkylation sites (tertiary alicyclic amines) is 1. The SMILES string of the molecule is Cc1cc(OCCCC2=C(C(=O)NS(=O)(=O)N3CCN(c4ccccc4)CC3)Cc3ccccc32)cc(C)c1Cl.Cc1cc(OCCCC2=C(C(=O)NS(=O)(=O)c3ccccc3)Cc3c2cccc3-c2c(COc3ccccn3)nn(C)c2C)cc(C)c1Cl.Cc1cc(OCCCc2c(C(=O)NS(=O)(=O)C3CCN(C(=O)CCc4ccccc4)CC3)[nH]c3cc(Cl)ccc23)cc(C)c1Cl. The van der Waals surface area contributed by atoms with E-state index in [0.717, 1.165) is 122 Å². The van der Waals surface area contributed by atoms with Crippen LogP contribution in [-0.4, -0.2) is 142 Å². The van der Waals surface area contributed by atoms with Gasteiger partial charge in [0.05, 0.1) is 30.0 Å². The lowest BCUT2D eigenvalue weighted by Crippen LogP contribution is -2.53. The number of aromatic amines is 1. The average Bonchev–Trinajstić information content (AvgIpc) is 1.60. The third-order valence-corrected chi connectivity index (χ3v) is 31.2. The number of carbonyl (C=O) groups excluding carboxylic acids is 4. The molecule has 0 radical (unpaired) electrons. The molecule has 0 unspecified atom stereocenters. The number of nitrogens with one attached hydrogen (secondary N) is 4. The molecule has 4 amide bonds. The molecule has 0 bridgehead atoms. The maximum absolute atomic E-state index is 13.9. The number of carbonyl (C=O) groups is 4. The van der Waals surface area contributed by atoms with Crippen LogP contribution >= 0.6 is 46.4 Å². The van der Waals surface area contributed by atoms with Gasteiger partial charge in [0.2, 0.25) is 21.8 Å². The number of hydrogen-bond acceptors (Lipinski definition) is 17. The predicted molar refractivity (Wildman–Crippen MR) is 529 cm³/mol. The lowest BCUT2D eigenvalue weighted by molar-refractivity contribution is -0.132. The molecule has 24 nitrogen and oxygen atoms in total. The zero-order valence-corrected chi connectivity index (χ0v) is 81.4. The summed E-state index contributed by atoms with van der Waals surface area (Å²) in [5.41, 5.74) is 19.3. The Morgan fingerprint density at radius 3 is 1.60 bits per heavy atom. The highest BCUT2D eigenvalue weighted by atomic mass is 35.5. The van der Waals surface area contributed by atoms with Crippen LogP contribution in [0.15, 0.2) is 228 Å². The lowest BCUT2D eigenvalue weighted by Gasteiger charge is -2.35. The molecule has 2 aliphatic heterocycles. The van der Waals surface area contributed by atoms with E-state index in [1.807, 2.05) is 218 Å². The Morgan fingerprint density at radius 1 is 0.500 bits per heavy atom. The largest absolute Gasteiger partial charge is 0.494 e. The first-order valence-corrected chi connectivity index (χ1v) is 50.6. The van der Waals surface area contributed by atoms with Gasteiger partial charge in [0, 0.05) is 137 Å². The number of benzene rings is 9. The van der Waals surface area contributed by atoms with E-state index in [-0.39, 0.29) is 42.4 Å². The number of fused-ring (bicyclic) bond motifs is 3. The van der Waals surface area contributed by atoms with Crippen LogP contribution in [0.4, 0.5) is 5.69 Å². The highest BCUT2D eigenvalue weighted by Gasteiger charge is 2.37. The number of para-hydroxylation sites is 1. The van der Waals surface area contributed by atoms with E-state index in [4.69, 9.17) is 70.4 Å². The summed E-state index contributed by atoms with van der Waals surface area (Å²) in [6.45, 7) is 17.5. The summed E-state index contributed by atoms with van der Waals surface area (Å²) in [5, 5.41) is 7.44. The van der Waals surface area contributed by atoms with Gasteiger partial charge in [-0.05, 0) is 269 Å². The average molecular weight is 1950 g/mol. The van der Waals surface area contributed by atoms with Crippen molar-refractivity contribution in [3.63, 3.8) is 0 Å². The molecule has 2 aliphatic carbocycles. The van der Waals surface area contributed by atoms with Crippen molar-refractivity contribution in [2.45, 2.75) is 142 Å². The Bertz CT molecular complexity index is 6700. The molecule has 3 aromatic heterocycles. The van der Waals surface area contributed by atoms with E-state index in [2.05, 4.69) is 29.0 Å². The van der Waals surface area contributed by atoms with Gasteiger partial charge in [0.15, 0.2) is 0 Å². The van der Waals surface area contributed by atoms with Gasteiger partial charge in [-0.25, -0.2) is 36.0 Å². The molecule has 4 N–H and O–H groups in total.